The van der Waals surface area contributed by atoms with Crippen LogP contribution in [-0.2, 0) is 16.1 Å². The number of carboxylic acids is 1. The van der Waals surface area contributed by atoms with E-state index in [0.29, 0.717) is 19.4 Å². The maximum atomic E-state index is 13.0. The molecule has 0 radical (unpaired) electrons. The predicted octanol–water partition coefficient (Wildman–Crippen LogP) is 3.79. The molecule has 1 saturated heterocycles. The number of hydrogen-bond acceptors (Lipinski definition) is 6. The highest BCUT2D eigenvalue weighted by molar-refractivity contribution is 5.98. The van der Waals surface area contributed by atoms with Gasteiger partial charge in [-0.3, -0.25) is 4.79 Å². The number of likely N-dealkylation sites (tertiary alicyclic amines) is 1. The number of alkyl carbamates (subject to hydrolysis) is 1. The van der Waals surface area contributed by atoms with Gasteiger partial charge in [-0.25, -0.2) is 9.59 Å². The van der Waals surface area contributed by atoms with Crippen molar-refractivity contribution in [2.75, 3.05) is 13.2 Å². The van der Waals surface area contributed by atoms with Gasteiger partial charge in [0, 0.05) is 12.5 Å². The SMILES string of the molecule is C[C@]1(C(=O)O)CCCN1C(=O)c1conc1CNC(=O)OCC1c2ccccc2-c2ccccc21. The number of ether oxygens (including phenoxy) is 1. The van der Waals surface area contributed by atoms with Gasteiger partial charge in [0.05, 0.1) is 6.54 Å². The van der Waals surface area contributed by atoms with Crippen molar-refractivity contribution in [3.8, 4) is 11.1 Å². The highest BCUT2D eigenvalue weighted by Crippen LogP contribution is 2.44. The van der Waals surface area contributed by atoms with Crippen molar-refractivity contribution in [2.24, 2.45) is 0 Å². The quantitative estimate of drug-likeness (QED) is 0.556. The molecule has 0 bridgehead atoms. The Morgan fingerprint density at radius 2 is 1.80 bits per heavy atom. The second-order valence-corrected chi connectivity index (χ2v) is 8.99. The average Bonchev–Trinajstić information content (AvgIpc) is 3.57. The molecule has 0 saturated carbocycles. The van der Waals surface area contributed by atoms with Gasteiger partial charge in [-0.15, -0.1) is 0 Å². The molecule has 2 aromatic carbocycles. The molecule has 5 rings (SSSR count). The van der Waals surface area contributed by atoms with Crippen LogP contribution in [0, 0.1) is 0 Å². The summed E-state index contributed by atoms with van der Waals surface area (Å²) in [5.74, 6) is -1.61. The number of rotatable bonds is 6. The monoisotopic (exact) mass is 475 g/mol. The lowest BCUT2D eigenvalue weighted by molar-refractivity contribution is -0.147. The van der Waals surface area contributed by atoms with Crippen LogP contribution in [0.5, 0.6) is 0 Å². The van der Waals surface area contributed by atoms with Gasteiger partial charge < -0.3 is 24.6 Å². The van der Waals surface area contributed by atoms with E-state index in [-0.39, 0.29) is 30.3 Å². The van der Waals surface area contributed by atoms with Gasteiger partial charge in [0.1, 0.15) is 29.7 Å². The number of benzene rings is 2. The molecule has 2 heterocycles. The van der Waals surface area contributed by atoms with Crippen LogP contribution < -0.4 is 5.32 Å². The van der Waals surface area contributed by atoms with Crippen molar-refractivity contribution in [2.45, 2.75) is 37.8 Å². The summed E-state index contributed by atoms with van der Waals surface area (Å²) < 4.78 is 10.5. The van der Waals surface area contributed by atoms with Crippen LogP contribution in [0.1, 0.15) is 52.9 Å². The molecule has 0 unspecified atom stereocenters. The molecule has 180 valence electrons. The van der Waals surface area contributed by atoms with Crippen LogP contribution in [-0.4, -0.2) is 51.8 Å². The third-order valence-corrected chi connectivity index (χ3v) is 6.97. The highest BCUT2D eigenvalue weighted by Gasteiger charge is 2.46. The van der Waals surface area contributed by atoms with Crippen molar-refractivity contribution in [3.63, 3.8) is 0 Å². The molecule has 1 aliphatic heterocycles. The van der Waals surface area contributed by atoms with E-state index in [1.807, 2.05) is 36.4 Å². The predicted molar refractivity (Wildman–Crippen MR) is 125 cm³/mol. The molecule has 1 aliphatic carbocycles. The van der Waals surface area contributed by atoms with Crippen LogP contribution in [0.4, 0.5) is 4.79 Å². The van der Waals surface area contributed by atoms with E-state index in [0.717, 1.165) is 22.3 Å². The third kappa shape index (κ3) is 3.92. The number of carboxylic acid groups (broad SMARTS) is 1. The van der Waals surface area contributed by atoms with Crippen molar-refractivity contribution in [1.82, 2.24) is 15.4 Å². The number of aliphatic carboxylic acids is 1. The number of carbonyl (C=O) groups is 3. The summed E-state index contributed by atoms with van der Waals surface area (Å²) in [7, 11) is 0. The molecular weight excluding hydrogens is 450 g/mol. The zero-order valence-corrected chi connectivity index (χ0v) is 19.2. The lowest BCUT2D eigenvalue weighted by Crippen LogP contribution is -2.50. The number of nitrogens with zero attached hydrogens (tertiary/aromatic N) is 2. The number of nitrogens with one attached hydrogen (secondary N) is 1. The number of aromatic nitrogens is 1. The van der Waals surface area contributed by atoms with Gasteiger partial charge in [-0.1, -0.05) is 53.7 Å². The van der Waals surface area contributed by atoms with E-state index < -0.39 is 23.5 Å². The summed E-state index contributed by atoms with van der Waals surface area (Å²) in [5, 5.41) is 16.0. The zero-order chi connectivity index (χ0) is 24.6. The normalized spacial score (nSPS) is 18.7. The highest BCUT2D eigenvalue weighted by atomic mass is 16.5. The van der Waals surface area contributed by atoms with E-state index >= 15 is 0 Å². The second-order valence-electron chi connectivity index (χ2n) is 8.99. The summed E-state index contributed by atoms with van der Waals surface area (Å²) in [5.41, 5.74) is 3.54. The van der Waals surface area contributed by atoms with Gasteiger partial charge in [0.2, 0.25) is 0 Å². The standard InChI is InChI=1S/C26H25N3O6/c1-26(24(31)32)11-6-12-29(26)23(30)21-15-35-28-22(21)13-27-25(33)34-14-20-18-9-4-2-7-16(18)17-8-3-5-10-19(17)20/h2-5,7-10,15,20H,6,11-14H2,1H3,(H,27,33)(H,31,32)/t26-/m1/s1. The summed E-state index contributed by atoms with van der Waals surface area (Å²) in [6, 6.07) is 16.1. The van der Waals surface area contributed by atoms with Gasteiger partial charge in [0.15, 0.2) is 0 Å². The molecule has 1 fully saturated rings. The summed E-state index contributed by atoms with van der Waals surface area (Å²) in [6.07, 6.45) is 1.49. The van der Waals surface area contributed by atoms with Crippen LogP contribution in [0.2, 0.25) is 0 Å². The Labute approximate surface area is 201 Å². The van der Waals surface area contributed by atoms with E-state index in [2.05, 4.69) is 22.6 Å². The molecule has 9 heteroatoms. The third-order valence-electron chi connectivity index (χ3n) is 6.97. The molecule has 2 N–H and O–H groups in total. The molecule has 0 spiro atoms. The fourth-order valence-electron chi connectivity index (χ4n) is 5.02. The number of hydrogen-bond donors (Lipinski definition) is 2. The summed E-state index contributed by atoms with van der Waals surface area (Å²) >= 11 is 0. The Bertz CT molecular complexity index is 1260. The first kappa shape index (κ1) is 22.6. The molecule has 35 heavy (non-hydrogen) atoms. The van der Waals surface area contributed by atoms with E-state index in [1.165, 1.54) is 18.1 Å². The summed E-state index contributed by atoms with van der Waals surface area (Å²) in [6.45, 7) is 1.93. The van der Waals surface area contributed by atoms with Crippen molar-refractivity contribution in [1.29, 1.82) is 0 Å². The molecule has 2 aliphatic rings. The molecule has 1 aromatic heterocycles. The van der Waals surface area contributed by atoms with Crippen molar-refractivity contribution < 1.29 is 28.8 Å². The fourth-order valence-corrected chi connectivity index (χ4v) is 5.02. The smallest absolute Gasteiger partial charge is 0.407 e. The fraction of sp³-hybridized carbons (Fsp3) is 0.308. The van der Waals surface area contributed by atoms with Gasteiger partial charge in [0.25, 0.3) is 5.91 Å². The lowest BCUT2D eigenvalue weighted by Gasteiger charge is -2.30. The van der Waals surface area contributed by atoms with Gasteiger partial charge >= 0.3 is 12.1 Å². The zero-order valence-electron chi connectivity index (χ0n) is 19.2. The first-order valence-electron chi connectivity index (χ1n) is 11.5. The molecule has 2 amide bonds. The van der Waals surface area contributed by atoms with E-state index in [1.54, 1.807) is 0 Å². The van der Waals surface area contributed by atoms with Crippen molar-refractivity contribution in [3.05, 3.63) is 77.2 Å². The number of amides is 2. The van der Waals surface area contributed by atoms with Crippen LogP contribution in [0.25, 0.3) is 11.1 Å². The Hall–Kier alpha value is -4.14. The minimum Gasteiger partial charge on any atom is -0.480 e. The van der Waals surface area contributed by atoms with E-state index in [9.17, 15) is 19.5 Å². The number of fused-ring (bicyclic) bond motifs is 3. The Morgan fingerprint density at radius 3 is 2.46 bits per heavy atom. The Balaban J connectivity index is 1.22. The maximum absolute atomic E-state index is 13.0. The largest absolute Gasteiger partial charge is 0.480 e. The first-order chi connectivity index (χ1) is 16.9. The van der Waals surface area contributed by atoms with Gasteiger partial charge in [-0.2, -0.15) is 0 Å². The van der Waals surface area contributed by atoms with Crippen LogP contribution >= 0.6 is 0 Å². The van der Waals surface area contributed by atoms with E-state index in [4.69, 9.17) is 9.26 Å². The maximum Gasteiger partial charge on any atom is 0.407 e. The minimum atomic E-state index is -1.29. The second kappa shape index (κ2) is 8.90. The Kier molecular flexibility index (Phi) is 5.76. The molecule has 3 aromatic rings. The molecule has 1 atom stereocenters. The first-order valence-corrected chi connectivity index (χ1v) is 11.5. The minimum absolute atomic E-state index is 0.0683. The molecular formula is C26H25N3O6. The topological polar surface area (TPSA) is 122 Å². The average molecular weight is 476 g/mol. The van der Waals surface area contributed by atoms with Crippen molar-refractivity contribution >= 4 is 18.0 Å². The lowest BCUT2D eigenvalue weighted by atomic mass is 9.98. The summed E-state index contributed by atoms with van der Waals surface area (Å²) in [4.78, 5) is 38.6. The van der Waals surface area contributed by atoms with Crippen LogP contribution in [0.15, 0.2) is 59.3 Å². The van der Waals surface area contributed by atoms with Gasteiger partial charge in [-0.05, 0) is 42.0 Å². The van der Waals surface area contributed by atoms with Crippen LogP contribution in [0.3, 0.4) is 0 Å². The molecule has 9 nitrogen and oxygen atoms in total. The Morgan fingerprint density at radius 1 is 1.14 bits per heavy atom. The number of carbonyl (C=O) groups excluding carboxylic acids is 2.